The highest BCUT2D eigenvalue weighted by Crippen LogP contribution is 2.20. The van der Waals surface area contributed by atoms with Crippen molar-refractivity contribution in [3.8, 4) is 6.07 Å². The van der Waals surface area contributed by atoms with Crippen LogP contribution in [0.2, 0.25) is 0 Å². The summed E-state index contributed by atoms with van der Waals surface area (Å²) in [5.41, 5.74) is 5.95. The van der Waals surface area contributed by atoms with Crippen molar-refractivity contribution in [1.29, 1.82) is 5.26 Å². The quantitative estimate of drug-likeness (QED) is 0.585. The number of nitriles is 1. The number of rotatable bonds is 3. The average molecular weight is 222 g/mol. The number of guanidine groups is 1. The molecular weight excluding hydrogens is 200 g/mol. The van der Waals surface area contributed by atoms with E-state index in [1.807, 2.05) is 18.9 Å². The van der Waals surface area contributed by atoms with E-state index in [4.69, 9.17) is 11.0 Å². The molecule has 0 saturated heterocycles. The average Bonchev–Trinajstić information content (AvgIpc) is 2.29. The molecule has 2 N–H and O–H groups in total. The Bertz CT molecular complexity index is 273. The van der Waals surface area contributed by atoms with Crippen LogP contribution in [0.5, 0.6) is 0 Å². The fourth-order valence-corrected chi connectivity index (χ4v) is 1.98. The molecule has 0 radical (unpaired) electrons. The van der Waals surface area contributed by atoms with E-state index in [-0.39, 0.29) is 6.04 Å². The Hall–Kier alpha value is -1.24. The monoisotopic (exact) mass is 222 g/mol. The van der Waals surface area contributed by atoms with E-state index in [1.165, 1.54) is 19.3 Å². The minimum Gasteiger partial charge on any atom is -0.370 e. The third-order valence-corrected chi connectivity index (χ3v) is 3.30. The predicted molar refractivity (Wildman–Crippen MR) is 66.0 cm³/mol. The second-order valence-corrected chi connectivity index (χ2v) is 4.60. The molecule has 0 aromatic carbocycles. The summed E-state index contributed by atoms with van der Waals surface area (Å²) in [6, 6.07) is 2.69. The maximum Gasteiger partial charge on any atom is 0.191 e. The summed E-state index contributed by atoms with van der Waals surface area (Å²) < 4.78 is 0. The van der Waals surface area contributed by atoms with Crippen LogP contribution >= 0.6 is 0 Å². The molecule has 0 spiro atoms. The van der Waals surface area contributed by atoms with Gasteiger partial charge in [-0.2, -0.15) is 5.26 Å². The number of hydrogen-bond acceptors (Lipinski definition) is 2. The first-order chi connectivity index (χ1) is 7.65. The van der Waals surface area contributed by atoms with Gasteiger partial charge in [0, 0.05) is 13.1 Å². The fraction of sp³-hybridized carbons (Fsp3) is 0.833. The van der Waals surface area contributed by atoms with Crippen LogP contribution in [0.1, 0.15) is 45.4 Å². The van der Waals surface area contributed by atoms with Gasteiger partial charge in [0.25, 0.3) is 0 Å². The maximum atomic E-state index is 8.63. The van der Waals surface area contributed by atoms with Crippen molar-refractivity contribution in [2.24, 2.45) is 10.7 Å². The molecule has 1 unspecified atom stereocenters. The predicted octanol–water partition coefficient (Wildman–Crippen LogP) is 1.87. The Kier molecular flexibility index (Phi) is 5.10. The van der Waals surface area contributed by atoms with E-state index in [2.05, 4.69) is 11.1 Å². The third-order valence-electron chi connectivity index (χ3n) is 3.30. The van der Waals surface area contributed by atoms with E-state index in [0.717, 1.165) is 12.8 Å². The highest BCUT2D eigenvalue weighted by atomic mass is 15.3. The first kappa shape index (κ1) is 12.8. The summed E-state index contributed by atoms with van der Waals surface area (Å²) in [6.07, 6.45) is 6.64. The SMILES string of the molecule is CC(CC#N)N(C)C(N)=NC1CCCCC1. The molecule has 0 aromatic rings. The van der Waals surface area contributed by atoms with E-state index < -0.39 is 0 Å². The zero-order chi connectivity index (χ0) is 12.0. The van der Waals surface area contributed by atoms with Crippen LogP contribution in [0.3, 0.4) is 0 Å². The van der Waals surface area contributed by atoms with Gasteiger partial charge >= 0.3 is 0 Å². The molecule has 90 valence electrons. The Morgan fingerprint density at radius 1 is 1.50 bits per heavy atom. The summed E-state index contributed by atoms with van der Waals surface area (Å²) >= 11 is 0. The van der Waals surface area contributed by atoms with Crippen LogP contribution in [0.15, 0.2) is 4.99 Å². The van der Waals surface area contributed by atoms with Crippen molar-refractivity contribution in [3.63, 3.8) is 0 Å². The van der Waals surface area contributed by atoms with Gasteiger partial charge < -0.3 is 10.6 Å². The summed E-state index contributed by atoms with van der Waals surface area (Å²) in [6.45, 7) is 1.99. The molecule has 1 atom stereocenters. The topological polar surface area (TPSA) is 65.4 Å². The summed E-state index contributed by atoms with van der Waals surface area (Å²) in [5.74, 6) is 0.578. The van der Waals surface area contributed by atoms with Crippen molar-refractivity contribution >= 4 is 5.96 Å². The molecule has 4 heteroatoms. The molecule has 0 amide bonds. The largest absolute Gasteiger partial charge is 0.370 e. The lowest BCUT2D eigenvalue weighted by Gasteiger charge is -2.26. The van der Waals surface area contributed by atoms with Crippen LogP contribution < -0.4 is 5.73 Å². The van der Waals surface area contributed by atoms with Crippen molar-refractivity contribution in [3.05, 3.63) is 0 Å². The first-order valence-electron chi connectivity index (χ1n) is 6.08. The van der Waals surface area contributed by atoms with Crippen LogP contribution in [-0.4, -0.2) is 30.0 Å². The van der Waals surface area contributed by atoms with Crippen molar-refractivity contribution in [2.45, 2.75) is 57.5 Å². The molecule has 1 saturated carbocycles. The lowest BCUT2D eigenvalue weighted by atomic mass is 9.96. The molecule has 1 aliphatic carbocycles. The standard InChI is InChI=1S/C12H22N4/c1-10(8-9-13)16(2)12(14)15-11-6-4-3-5-7-11/h10-11H,3-8H2,1-2H3,(H2,14,15). The Morgan fingerprint density at radius 2 is 2.12 bits per heavy atom. The van der Waals surface area contributed by atoms with Crippen LogP contribution in [0, 0.1) is 11.3 Å². The van der Waals surface area contributed by atoms with E-state index in [9.17, 15) is 0 Å². The number of nitrogens with zero attached hydrogens (tertiary/aromatic N) is 3. The summed E-state index contributed by atoms with van der Waals surface area (Å²) in [4.78, 5) is 6.45. The fourth-order valence-electron chi connectivity index (χ4n) is 1.98. The Morgan fingerprint density at radius 3 is 2.69 bits per heavy atom. The van der Waals surface area contributed by atoms with E-state index in [1.54, 1.807) is 0 Å². The highest BCUT2D eigenvalue weighted by Gasteiger charge is 2.15. The van der Waals surface area contributed by atoms with Gasteiger partial charge in [-0.1, -0.05) is 19.3 Å². The number of nitrogens with two attached hydrogens (primary N) is 1. The highest BCUT2D eigenvalue weighted by molar-refractivity contribution is 5.78. The Labute approximate surface area is 98.1 Å². The third kappa shape index (κ3) is 3.73. The number of aliphatic imine (C=N–C) groups is 1. The van der Waals surface area contributed by atoms with Crippen molar-refractivity contribution in [2.75, 3.05) is 7.05 Å². The molecule has 0 aliphatic heterocycles. The van der Waals surface area contributed by atoms with Gasteiger partial charge in [-0.05, 0) is 19.8 Å². The van der Waals surface area contributed by atoms with Gasteiger partial charge in [0.15, 0.2) is 5.96 Å². The number of hydrogen-bond donors (Lipinski definition) is 1. The van der Waals surface area contributed by atoms with Gasteiger partial charge in [0.1, 0.15) is 0 Å². The molecule has 16 heavy (non-hydrogen) atoms. The smallest absolute Gasteiger partial charge is 0.191 e. The minimum absolute atomic E-state index is 0.136. The molecule has 0 heterocycles. The second kappa shape index (κ2) is 6.37. The summed E-state index contributed by atoms with van der Waals surface area (Å²) in [7, 11) is 1.91. The molecule has 1 rings (SSSR count). The molecular formula is C12H22N4. The Balaban J connectivity index is 2.51. The van der Waals surface area contributed by atoms with Crippen LogP contribution in [0.25, 0.3) is 0 Å². The van der Waals surface area contributed by atoms with Gasteiger partial charge in [0.05, 0.1) is 18.5 Å². The lowest BCUT2D eigenvalue weighted by molar-refractivity contribution is 0.379. The molecule has 1 fully saturated rings. The van der Waals surface area contributed by atoms with Crippen LogP contribution in [0.4, 0.5) is 0 Å². The molecule has 0 aromatic heterocycles. The van der Waals surface area contributed by atoms with Crippen molar-refractivity contribution < 1.29 is 0 Å². The molecule has 1 aliphatic rings. The minimum atomic E-state index is 0.136. The van der Waals surface area contributed by atoms with Gasteiger partial charge in [0.2, 0.25) is 0 Å². The van der Waals surface area contributed by atoms with Gasteiger partial charge in [-0.3, -0.25) is 0 Å². The molecule has 0 bridgehead atoms. The first-order valence-corrected chi connectivity index (χ1v) is 6.08. The van der Waals surface area contributed by atoms with Crippen molar-refractivity contribution in [1.82, 2.24) is 4.90 Å². The molecule has 4 nitrogen and oxygen atoms in total. The normalized spacial score (nSPS) is 20.2. The van der Waals surface area contributed by atoms with E-state index in [0.29, 0.717) is 18.4 Å². The maximum absolute atomic E-state index is 8.63. The summed E-state index contributed by atoms with van der Waals surface area (Å²) in [5, 5.41) is 8.63. The zero-order valence-corrected chi connectivity index (χ0v) is 10.3. The lowest BCUT2D eigenvalue weighted by Crippen LogP contribution is -2.41. The van der Waals surface area contributed by atoms with E-state index >= 15 is 0 Å². The van der Waals surface area contributed by atoms with Gasteiger partial charge in [-0.15, -0.1) is 0 Å². The second-order valence-electron chi connectivity index (χ2n) is 4.60. The van der Waals surface area contributed by atoms with Crippen LogP contribution in [-0.2, 0) is 0 Å². The zero-order valence-electron chi connectivity index (χ0n) is 10.3. The van der Waals surface area contributed by atoms with Gasteiger partial charge in [-0.25, -0.2) is 4.99 Å².